The molecule has 2 aromatic carbocycles. The Morgan fingerprint density at radius 2 is 1.73 bits per heavy atom. The van der Waals surface area contributed by atoms with Crippen molar-refractivity contribution in [2.24, 2.45) is 0 Å². The highest BCUT2D eigenvalue weighted by molar-refractivity contribution is 14.1. The minimum absolute atomic E-state index is 0.00611. The van der Waals surface area contributed by atoms with Gasteiger partial charge in [-0.3, -0.25) is 4.79 Å². The first kappa shape index (κ1) is 16.9. The fourth-order valence-electron chi connectivity index (χ4n) is 2.18. The van der Waals surface area contributed by atoms with E-state index in [2.05, 4.69) is 27.9 Å². The smallest absolute Gasteiger partial charge is 0.251 e. The lowest BCUT2D eigenvalue weighted by atomic mass is 10.1. The van der Waals surface area contributed by atoms with Crippen molar-refractivity contribution >= 4 is 28.5 Å². The minimum Gasteiger partial charge on any atom is -0.350 e. The number of likely N-dealkylation sites (N-methyl/N-ethyl adjacent to an activating group) is 1. The zero-order valence-electron chi connectivity index (χ0n) is 12.5. The monoisotopic (exact) mass is 412 g/mol. The zero-order chi connectivity index (χ0) is 16.1. The number of halogens is 2. The van der Waals surface area contributed by atoms with Gasteiger partial charge < -0.3 is 10.2 Å². The lowest BCUT2D eigenvalue weighted by Gasteiger charge is -2.25. The molecule has 116 valence electrons. The summed E-state index contributed by atoms with van der Waals surface area (Å²) in [6.07, 6.45) is 0. The van der Waals surface area contributed by atoms with E-state index in [-0.39, 0.29) is 17.8 Å². The molecule has 0 saturated heterocycles. The van der Waals surface area contributed by atoms with Gasteiger partial charge in [0.2, 0.25) is 0 Å². The number of amides is 1. The fraction of sp³-hybridized carbons (Fsp3) is 0.235. The summed E-state index contributed by atoms with van der Waals surface area (Å²) in [5, 5.41) is 2.94. The van der Waals surface area contributed by atoms with Crippen LogP contribution in [0.2, 0.25) is 0 Å². The average molecular weight is 412 g/mol. The molecule has 2 aromatic rings. The van der Waals surface area contributed by atoms with Crippen molar-refractivity contribution in [3.05, 3.63) is 69.0 Å². The summed E-state index contributed by atoms with van der Waals surface area (Å²) in [6.45, 7) is 0.462. The molecule has 1 N–H and O–H groups in total. The second kappa shape index (κ2) is 7.69. The summed E-state index contributed by atoms with van der Waals surface area (Å²) in [7, 11) is 3.87. The number of carbonyl (C=O) groups is 1. The third-order valence-corrected chi connectivity index (χ3v) is 4.16. The van der Waals surface area contributed by atoms with E-state index in [1.165, 1.54) is 12.1 Å². The van der Waals surface area contributed by atoms with E-state index in [9.17, 15) is 9.18 Å². The molecule has 1 amide bonds. The molecule has 0 aliphatic rings. The summed E-state index contributed by atoms with van der Waals surface area (Å²) in [6, 6.07) is 13.8. The van der Waals surface area contributed by atoms with Crippen molar-refractivity contribution in [3.63, 3.8) is 0 Å². The highest BCUT2D eigenvalue weighted by Gasteiger charge is 2.16. The molecule has 22 heavy (non-hydrogen) atoms. The van der Waals surface area contributed by atoms with E-state index in [1.807, 2.05) is 31.1 Å². The van der Waals surface area contributed by atoms with E-state index in [1.54, 1.807) is 24.3 Å². The van der Waals surface area contributed by atoms with Gasteiger partial charge in [-0.15, -0.1) is 0 Å². The number of hydrogen-bond donors (Lipinski definition) is 1. The Bertz CT molecular complexity index is 626. The first-order valence-corrected chi connectivity index (χ1v) is 8.01. The standard InChI is InChI=1S/C17H18FIN2O/c1-21(2)16(12-3-7-14(18)8-4-12)11-20-17(22)13-5-9-15(19)10-6-13/h3-10,16H,11H2,1-2H3,(H,20,22). The third kappa shape index (κ3) is 4.51. The van der Waals surface area contributed by atoms with Gasteiger partial charge in [-0.1, -0.05) is 12.1 Å². The van der Waals surface area contributed by atoms with Crippen molar-refractivity contribution in [1.29, 1.82) is 0 Å². The molecule has 5 heteroatoms. The first-order chi connectivity index (χ1) is 10.5. The maximum Gasteiger partial charge on any atom is 0.251 e. The number of hydrogen-bond acceptors (Lipinski definition) is 2. The van der Waals surface area contributed by atoms with Crippen molar-refractivity contribution in [2.45, 2.75) is 6.04 Å². The Balaban J connectivity index is 2.04. The van der Waals surface area contributed by atoms with E-state index < -0.39 is 0 Å². The normalized spacial score (nSPS) is 12.2. The third-order valence-electron chi connectivity index (χ3n) is 3.44. The van der Waals surface area contributed by atoms with E-state index in [4.69, 9.17) is 0 Å². The topological polar surface area (TPSA) is 32.3 Å². The van der Waals surface area contributed by atoms with Gasteiger partial charge in [-0.2, -0.15) is 0 Å². The second-order valence-corrected chi connectivity index (χ2v) is 6.49. The van der Waals surface area contributed by atoms with Crippen LogP contribution in [-0.2, 0) is 0 Å². The van der Waals surface area contributed by atoms with Gasteiger partial charge in [0.15, 0.2) is 0 Å². The quantitative estimate of drug-likeness (QED) is 0.764. The first-order valence-electron chi connectivity index (χ1n) is 6.93. The summed E-state index contributed by atoms with van der Waals surface area (Å²) < 4.78 is 14.1. The molecule has 0 spiro atoms. The molecule has 1 atom stereocenters. The molecule has 0 aromatic heterocycles. The van der Waals surface area contributed by atoms with Crippen LogP contribution in [0.15, 0.2) is 48.5 Å². The van der Waals surface area contributed by atoms with Crippen molar-refractivity contribution in [1.82, 2.24) is 10.2 Å². The Kier molecular flexibility index (Phi) is 5.90. The van der Waals surface area contributed by atoms with Gasteiger partial charge in [0.25, 0.3) is 5.91 Å². The molecule has 0 saturated carbocycles. The highest BCUT2D eigenvalue weighted by atomic mass is 127. The van der Waals surface area contributed by atoms with Crippen LogP contribution in [0.25, 0.3) is 0 Å². The van der Waals surface area contributed by atoms with Crippen LogP contribution in [0.5, 0.6) is 0 Å². The van der Waals surface area contributed by atoms with Crippen LogP contribution in [0.1, 0.15) is 22.0 Å². The summed E-state index contributed by atoms with van der Waals surface area (Å²) in [5.74, 6) is -0.366. The lowest BCUT2D eigenvalue weighted by Crippen LogP contribution is -2.34. The van der Waals surface area contributed by atoms with E-state index >= 15 is 0 Å². The number of nitrogens with zero attached hydrogens (tertiary/aromatic N) is 1. The van der Waals surface area contributed by atoms with Crippen LogP contribution < -0.4 is 5.32 Å². The molecule has 1 unspecified atom stereocenters. The van der Waals surface area contributed by atoms with Crippen molar-refractivity contribution in [2.75, 3.05) is 20.6 Å². The van der Waals surface area contributed by atoms with Gasteiger partial charge in [0.05, 0.1) is 6.04 Å². The SMILES string of the molecule is CN(C)C(CNC(=O)c1ccc(I)cc1)c1ccc(F)cc1. The second-order valence-electron chi connectivity index (χ2n) is 5.25. The Hall–Kier alpha value is -1.47. The number of rotatable bonds is 5. The fourth-order valence-corrected chi connectivity index (χ4v) is 2.54. The molecule has 0 aliphatic heterocycles. The number of nitrogens with one attached hydrogen (secondary N) is 1. The highest BCUT2D eigenvalue weighted by Crippen LogP contribution is 2.18. The molecule has 3 nitrogen and oxygen atoms in total. The number of carbonyl (C=O) groups excluding carboxylic acids is 1. The maximum absolute atomic E-state index is 13.0. The van der Waals surface area contributed by atoms with Gasteiger partial charge in [0.1, 0.15) is 5.82 Å². The van der Waals surface area contributed by atoms with E-state index in [0.29, 0.717) is 12.1 Å². The predicted molar refractivity (Wildman–Crippen MR) is 94.3 cm³/mol. The van der Waals surface area contributed by atoms with Gasteiger partial charge in [-0.05, 0) is 78.6 Å². The average Bonchev–Trinajstić information content (AvgIpc) is 2.49. The minimum atomic E-state index is -0.260. The molecular weight excluding hydrogens is 394 g/mol. The van der Waals surface area contributed by atoms with Crippen LogP contribution in [-0.4, -0.2) is 31.4 Å². The van der Waals surface area contributed by atoms with E-state index in [0.717, 1.165) is 9.13 Å². The maximum atomic E-state index is 13.0. The van der Waals surface area contributed by atoms with Gasteiger partial charge in [-0.25, -0.2) is 4.39 Å². The van der Waals surface area contributed by atoms with Crippen LogP contribution in [0.4, 0.5) is 4.39 Å². The van der Waals surface area contributed by atoms with Crippen molar-refractivity contribution < 1.29 is 9.18 Å². The van der Waals surface area contributed by atoms with Gasteiger partial charge in [0, 0.05) is 15.7 Å². The Labute approximate surface area is 143 Å². The predicted octanol–water partition coefficient (Wildman–Crippen LogP) is 3.46. The molecule has 0 radical (unpaired) electrons. The van der Waals surface area contributed by atoms with Crippen LogP contribution in [0, 0.1) is 9.39 Å². The van der Waals surface area contributed by atoms with Crippen LogP contribution in [0.3, 0.4) is 0 Å². The largest absolute Gasteiger partial charge is 0.350 e. The molecule has 0 bridgehead atoms. The van der Waals surface area contributed by atoms with Crippen LogP contribution >= 0.6 is 22.6 Å². The Morgan fingerprint density at radius 3 is 2.27 bits per heavy atom. The van der Waals surface area contributed by atoms with Crippen molar-refractivity contribution in [3.8, 4) is 0 Å². The molecule has 0 heterocycles. The summed E-state index contributed by atoms with van der Waals surface area (Å²) in [5.41, 5.74) is 1.60. The molecule has 2 rings (SSSR count). The molecular formula is C17H18FIN2O. The lowest BCUT2D eigenvalue weighted by molar-refractivity contribution is 0.0942. The molecule has 0 aliphatic carbocycles. The number of benzene rings is 2. The summed E-state index contributed by atoms with van der Waals surface area (Å²) in [4.78, 5) is 14.2. The molecule has 0 fully saturated rings. The van der Waals surface area contributed by atoms with Gasteiger partial charge >= 0.3 is 0 Å². The summed E-state index contributed by atoms with van der Waals surface area (Å²) >= 11 is 2.20. The zero-order valence-corrected chi connectivity index (χ0v) is 14.7. The Morgan fingerprint density at radius 1 is 1.14 bits per heavy atom.